The van der Waals surface area contributed by atoms with Gasteiger partial charge < -0.3 is 15.4 Å². The van der Waals surface area contributed by atoms with Crippen molar-refractivity contribution in [1.82, 2.24) is 5.32 Å². The highest BCUT2D eigenvalue weighted by Crippen LogP contribution is 2.29. The highest BCUT2D eigenvalue weighted by atomic mass is 16.5. The molecule has 0 aromatic heterocycles. The first-order valence-corrected chi connectivity index (χ1v) is 7.23. The summed E-state index contributed by atoms with van der Waals surface area (Å²) in [6, 6.07) is 7.75. The van der Waals surface area contributed by atoms with Gasteiger partial charge >= 0.3 is 6.03 Å². The van der Waals surface area contributed by atoms with E-state index in [4.69, 9.17) is 4.74 Å². The third-order valence-corrected chi connectivity index (χ3v) is 3.50. The summed E-state index contributed by atoms with van der Waals surface area (Å²) in [5.74, 6) is 0. The zero-order chi connectivity index (χ0) is 14.6. The number of hydrogen-bond acceptors (Lipinski definition) is 2. The van der Waals surface area contributed by atoms with Gasteiger partial charge in [-0.2, -0.15) is 0 Å². The van der Waals surface area contributed by atoms with Gasteiger partial charge in [0.2, 0.25) is 0 Å². The first-order valence-electron chi connectivity index (χ1n) is 7.23. The first kappa shape index (κ1) is 14.9. The maximum Gasteiger partial charge on any atom is 0.319 e. The van der Waals surface area contributed by atoms with Crippen molar-refractivity contribution in [2.45, 2.75) is 45.1 Å². The molecule has 1 atom stereocenters. The first-order chi connectivity index (χ1) is 9.47. The maximum atomic E-state index is 12.0. The monoisotopic (exact) mass is 276 g/mol. The lowest BCUT2D eigenvalue weighted by molar-refractivity contribution is 0.112. The standard InChI is InChI=1S/C16H24N2O2/c1-16(2,3)13-8-4-5-9-14(13)18-15(19)17-11-12-7-6-10-20-12/h4-5,8-9,12H,6-7,10-11H2,1-3H3,(H2,17,18,19). The molecule has 4 nitrogen and oxygen atoms in total. The van der Waals surface area contributed by atoms with Gasteiger partial charge in [0.15, 0.2) is 0 Å². The Balaban J connectivity index is 1.93. The van der Waals surface area contributed by atoms with Gasteiger partial charge in [-0.05, 0) is 29.9 Å². The number of para-hydroxylation sites is 1. The molecular formula is C16H24N2O2. The summed E-state index contributed by atoms with van der Waals surface area (Å²) in [6.07, 6.45) is 2.28. The quantitative estimate of drug-likeness (QED) is 0.890. The lowest BCUT2D eigenvalue weighted by atomic mass is 9.86. The molecular weight excluding hydrogens is 252 g/mol. The molecule has 110 valence electrons. The van der Waals surface area contributed by atoms with E-state index in [2.05, 4.69) is 37.5 Å². The van der Waals surface area contributed by atoms with E-state index in [1.165, 1.54) is 0 Å². The SMILES string of the molecule is CC(C)(C)c1ccccc1NC(=O)NCC1CCCO1. The molecule has 1 aromatic carbocycles. The van der Waals surface area contributed by atoms with Crippen LogP contribution < -0.4 is 10.6 Å². The fourth-order valence-corrected chi connectivity index (χ4v) is 2.42. The number of anilines is 1. The van der Waals surface area contributed by atoms with Gasteiger partial charge in [0.25, 0.3) is 0 Å². The predicted octanol–water partition coefficient (Wildman–Crippen LogP) is 3.28. The van der Waals surface area contributed by atoms with E-state index in [1.807, 2.05) is 18.2 Å². The molecule has 2 rings (SSSR count). The highest BCUT2D eigenvalue weighted by Gasteiger charge is 2.19. The number of carbonyl (C=O) groups is 1. The van der Waals surface area contributed by atoms with Crippen LogP contribution in [0.1, 0.15) is 39.2 Å². The molecule has 2 amide bonds. The Morgan fingerprint density at radius 2 is 2.10 bits per heavy atom. The van der Waals surface area contributed by atoms with Crippen LogP contribution in [0.25, 0.3) is 0 Å². The van der Waals surface area contributed by atoms with Crippen LogP contribution in [0.4, 0.5) is 10.5 Å². The molecule has 4 heteroatoms. The van der Waals surface area contributed by atoms with Crippen LogP contribution in [-0.2, 0) is 10.2 Å². The summed E-state index contributed by atoms with van der Waals surface area (Å²) in [5, 5.41) is 5.81. The van der Waals surface area contributed by atoms with E-state index in [0.717, 1.165) is 30.7 Å². The second kappa shape index (κ2) is 6.27. The Morgan fingerprint density at radius 3 is 2.75 bits per heavy atom. The van der Waals surface area contributed by atoms with E-state index in [1.54, 1.807) is 0 Å². The zero-order valence-corrected chi connectivity index (χ0v) is 12.5. The van der Waals surface area contributed by atoms with E-state index >= 15 is 0 Å². The minimum absolute atomic E-state index is 0.00155. The molecule has 20 heavy (non-hydrogen) atoms. The third kappa shape index (κ3) is 3.97. The average Bonchev–Trinajstić information content (AvgIpc) is 2.89. The smallest absolute Gasteiger partial charge is 0.319 e. The Kier molecular flexibility index (Phi) is 4.65. The number of nitrogens with one attached hydrogen (secondary N) is 2. The van der Waals surface area contributed by atoms with E-state index in [9.17, 15) is 4.79 Å². The van der Waals surface area contributed by atoms with Crippen molar-refractivity contribution in [3.8, 4) is 0 Å². The lowest BCUT2D eigenvalue weighted by Crippen LogP contribution is -2.35. The molecule has 1 unspecified atom stereocenters. The minimum atomic E-state index is -0.169. The van der Waals surface area contributed by atoms with Gasteiger partial charge in [0, 0.05) is 18.8 Å². The Bertz CT molecular complexity index is 460. The molecule has 0 radical (unpaired) electrons. The minimum Gasteiger partial charge on any atom is -0.376 e. The van der Waals surface area contributed by atoms with Gasteiger partial charge in [-0.25, -0.2) is 4.79 Å². The van der Waals surface area contributed by atoms with Crippen molar-refractivity contribution in [2.75, 3.05) is 18.5 Å². The van der Waals surface area contributed by atoms with Crippen molar-refractivity contribution < 1.29 is 9.53 Å². The molecule has 0 aliphatic carbocycles. The predicted molar refractivity (Wildman–Crippen MR) is 81.1 cm³/mol. The lowest BCUT2D eigenvalue weighted by Gasteiger charge is -2.23. The van der Waals surface area contributed by atoms with Crippen LogP contribution >= 0.6 is 0 Å². The number of urea groups is 1. The van der Waals surface area contributed by atoms with Gasteiger partial charge in [-0.15, -0.1) is 0 Å². The Labute approximate surface area is 120 Å². The number of carbonyl (C=O) groups excluding carboxylic acids is 1. The molecule has 1 fully saturated rings. The van der Waals surface area contributed by atoms with Crippen LogP contribution in [0.3, 0.4) is 0 Å². The van der Waals surface area contributed by atoms with Crippen LogP contribution in [0.2, 0.25) is 0 Å². The van der Waals surface area contributed by atoms with Gasteiger partial charge in [0.1, 0.15) is 0 Å². The Morgan fingerprint density at radius 1 is 1.35 bits per heavy atom. The topological polar surface area (TPSA) is 50.4 Å². The van der Waals surface area contributed by atoms with E-state index in [-0.39, 0.29) is 17.6 Å². The fourth-order valence-electron chi connectivity index (χ4n) is 2.42. The van der Waals surface area contributed by atoms with Crippen molar-refractivity contribution in [3.05, 3.63) is 29.8 Å². The highest BCUT2D eigenvalue weighted by molar-refractivity contribution is 5.90. The number of amides is 2. The summed E-state index contributed by atoms with van der Waals surface area (Å²) in [7, 11) is 0. The summed E-state index contributed by atoms with van der Waals surface area (Å²) in [6.45, 7) is 7.79. The maximum absolute atomic E-state index is 12.0. The summed E-state index contributed by atoms with van der Waals surface area (Å²) in [4.78, 5) is 12.0. The number of benzene rings is 1. The zero-order valence-electron chi connectivity index (χ0n) is 12.5. The number of ether oxygens (including phenoxy) is 1. The molecule has 0 saturated carbocycles. The summed E-state index contributed by atoms with van der Waals surface area (Å²) < 4.78 is 5.49. The molecule has 2 N–H and O–H groups in total. The van der Waals surface area contributed by atoms with Crippen molar-refractivity contribution >= 4 is 11.7 Å². The van der Waals surface area contributed by atoms with Crippen LogP contribution in [0.5, 0.6) is 0 Å². The second-order valence-electron chi connectivity index (χ2n) is 6.27. The number of hydrogen-bond donors (Lipinski definition) is 2. The van der Waals surface area contributed by atoms with Crippen molar-refractivity contribution in [2.24, 2.45) is 0 Å². The molecule has 1 saturated heterocycles. The normalized spacial score (nSPS) is 18.9. The largest absolute Gasteiger partial charge is 0.376 e. The Hall–Kier alpha value is -1.55. The third-order valence-electron chi connectivity index (χ3n) is 3.50. The summed E-state index contributed by atoms with van der Waals surface area (Å²) >= 11 is 0. The van der Waals surface area contributed by atoms with Crippen molar-refractivity contribution in [1.29, 1.82) is 0 Å². The van der Waals surface area contributed by atoms with Crippen LogP contribution in [0.15, 0.2) is 24.3 Å². The molecule has 1 aliphatic heterocycles. The van der Waals surface area contributed by atoms with Crippen molar-refractivity contribution in [3.63, 3.8) is 0 Å². The summed E-state index contributed by atoms with van der Waals surface area (Å²) in [5.41, 5.74) is 2.00. The molecule has 1 aliphatic rings. The van der Waals surface area contributed by atoms with Gasteiger partial charge in [-0.3, -0.25) is 0 Å². The van der Waals surface area contributed by atoms with Gasteiger partial charge in [0.05, 0.1) is 6.10 Å². The van der Waals surface area contributed by atoms with Crippen LogP contribution in [0, 0.1) is 0 Å². The molecule has 0 bridgehead atoms. The van der Waals surface area contributed by atoms with Crippen LogP contribution in [-0.4, -0.2) is 25.3 Å². The molecule has 1 heterocycles. The fraction of sp³-hybridized carbons (Fsp3) is 0.562. The molecule has 1 aromatic rings. The number of rotatable bonds is 3. The van der Waals surface area contributed by atoms with E-state index < -0.39 is 0 Å². The van der Waals surface area contributed by atoms with Gasteiger partial charge in [-0.1, -0.05) is 39.0 Å². The second-order valence-corrected chi connectivity index (χ2v) is 6.27. The van der Waals surface area contributed by atoms with E-state index in [0.29, 0.717) is 6.54 Å². The average molecular weight is 276 g/mol. The molecule has 0 spiro atoms.